The van der Waals surface area contributed by atoms with Crippen molar-refractivity contribution in [2.24, 2.45) is 11.7 Å². The fourth-order valence-corrected chi connectivity index (χ4v) is 1.61. The van der Waals surface area contributed by atoms with Crippen molar-refractivity contribution in [3.05, 3.63) is 0 Å². The van der Waals surface area contributed by atoms with Gasteiger partial charge in [-0.15, -0.1) is 0 Å². The number of hydrogen-bond acceptors (Lipinski definition) is 4. The van der Waals surface area contributed by atoms with Gasteiger partial charge in [-0.25, -0.2) is 0 Å². The van der Waals surface area contributed by atoms with Crippen LogP contribution in [-0.2, 0) is 14.3 Å². The molecule has 0 bridgehead atoms. The van der Waals surface area contributed by atoms with E-state index in [2.05, 4.69) is 5.32 Å². The predicted molar refractivity (Wildman–Crippen MR) is 50.0 cm³/mol. The quantitative estimate of drug-likeness (QED) is 0.541. The number of nitrogens with one attached hydrogen (secondary N) is 1. The molecule has 84 valence electrons. The molecule has 2 unspecified atom stereocenters. The Labute approximate surface area is 86.8 Å². The number of rotatable bonds is 3. The maximum absolute atomic E-state index is 11.6. The molecule has 1 saturated carbocycles. The fraction of sp³-hybridized carbons (Fsp3) is 0.778. The first-order valence-corrected chi connectivity index (χ1v) is 4.93. The zero-order valence-electron chi connectivity index (χ0n) is 8.23. The van der Waals surface area contributed by atoms with Crippen LogP contribution in [0.5, 0.6) is 0 Å². The highest BCUT2D eigenvalue weighted by Crippen LogP contribution is 2.32. The molecule has 2 fully saturated rings. The second-order valence-electron chi connectivity index (χ2n) is 4.22. The van der Waals surface area contributed by atoms with Crippen molar-refractivity contribution >= 4 is 11.9 Å². The van der Waals surface area contributed by atoms with Crippen LogP contribution < -0.4 is 11.1 Å². The molecule has 0 spiro atoms. The van der Waals surface area contributed by atoms with Gasteiger partial charge in [-0.2, -0.15) is 0 Å². The van der Waals surface area contributed by atoms with E-state index >= 15 is 0 Å². The zero-order chi connectivity index (χ0) is 11.1. The van der Waals surface area contributed by atoms with Gasteiger partial charge in [0.25, 0.3) is 0 Å². The minimum atomic E-state index is -0.945. The number of carbonyl (C=O) groups excluding carboxylic acids is 1. The smallest absolute Gasteiger partial charge is 0.311 e. The van der Waals surface area contributed by atoms with E-state index in [4.69, 9.17) is 15.6 Å². The number of amides is 1. The van der Waals surface area contributed by atoms with E-state index < -0.39 is 23.5 Å². The Morgan fingerprint density at radius 1 is 1.40 bits per heavy atom. The summed E-state index contributed by atoms with van der Waals surface area (Å²) < 4.78 is 5.03. The minimum Gasteiger partial charge on any atom is -0.481 e. The topological polar surface area (TPSA) is 102 Å². The van der Waals surface area contributed by atoms with E-state index in [1.165, 1.54) is 0 Å². The summed E-state index contributed by atoms with van der Waals surface area (Å²) in [5, 5.41) is 11.5. The predicted octanol–water partition coefficient (Wildman–Crippen LogP) is -1.31. The van der Waals surface area contributed by atoms with Gasteiger partial charge in [-0.05, 0) is 12.8 Å². The van der Waals surface area contributed by atoms with Crippen LogP contribution in [0.4, 0.5) is 0 Å². The highest BCUT2D eigenvalue weighted by molar-refractivity contribution is 5.89. The van der Waals surface area contributed by atoms with E-state index in [9.17, 15) is 9.59 Å². The van der Waals surface area contributed by atoms with Gasteiger partial charge < -0.3 is 20.9 Å². The van der Waals surface area contributed by atoms with Gasteiger partial charge in [-0.3, -0.25) is 9.59 Å². The van der Waals surface area contributed by atoms with Gasteiger partial charge >= 0.3 is 5.97 Å². The van der Waals surface area contributed by atoms with Crippen molar-refractivity contribution in [3.8, 4) is 0 Å². The lowest BCUT2D eigenvalue weighted by Crippen LogP contribution is -2.50. The lowest BCUT2D eigenvalue weighted by molar-refractivity contribution is -0.142. The van der Waals surface area contributed by atoms with Gasteiger partial charge in [0.05, 0.1) is 24.8 Å². The molecular weight excluding hydrogens is 200 g/mol. The molecule has 4 N–H and O–H groups in total. The van der Waals surface area contributed by atoms with E-state index in [-0.39, 0.29) is 19.1 Å². The second-order valence-corrected chi connectivity index (χ2v) is 4.22. The SMILES string of the molecule is NC1(C(=O)NC2COCC2C(=O)O)CC1. The van der Waals surface area contributed by atoms with E-state index in [0.717, 1.165) is 0 Å². The van der Waals surface area contributed by atoms with E-state index in [0.29, 0.717) is 12.8 Å². The molecule has 1 amide bonds. The van der Waals surface area contributed by atoms with Gasteiger partial charge in [-0.1, -0.05) is 0 Å². The standard InChI is InChI=1S/C9H14N2O4/c10-9(1-2-9)8(14)11-6-4-15-3-5(6)7(12)13/h5-6H,1-4,10H2,(H,11,14)(H,12,13). The maximum atomic E-state index is 11.6. The third-order valence-electron chi connectivity index (χ3n) is 2.96. The number of carbonyl (C=O) groups is 2. The molecule has 6 heteroatoms. The van der Waals surface area contributed by atoms with Crippen molar-refractivity contribution in [2.75, 3.05) is 13.2 Å². The van der Waals surface area contributed by atoms with Crippen molar-refractivity contribution in [2.45, 2.75) is 24.4 Å². The number of carboxylic acids is 1. The molecule has 1 saturated heterocycles. The molecule has 0 aromatic heterocycles. The van der Waals surface area contributed by atoms with Gasteiger partial charge in [0.15, 0.2) is 0 Å². The van der Waals surface area contributed by atoms with Crippen LogP contribution in [0.2, 0.25) is 0 Å². The molecule has 2 atom stereocenters. The Bertz CT molecular complexity index is 300. The van der Waals surface area contributed by atoms with Crippen LogP contribution in [0.25, 0.3) is 0 Å². The Morgan fingerprint density at radius 2 is 2.07 bits per heavy atom. The number of nitrogens with two attached hydrogens (primary N) is 1. The van der Waals surface area contributed by atoms with Crippen LogP contribution in [0, 0.1) is 5.92 Å². The molecule has 6 nitrogen and oxygen atoms in total. The number of aliphatic carboxylic acids is 1. The minimum absolute atomic E-state index is 0.151. The third-order valence-corrected chi connectivity index (χ3v) is 2.96. The zero-order valence-corrected chi connectivity index (χ0v) is 8.23. The number of ether oxygens (including phenoxy) is 1. The van der Waals surface area contributed by atoms with E-state index in [1.807, 2.05) is 0 Å². The molecule has 0 aromatic carbocycles. The second kappa shape index (κ2) is 3.46. The normalized spacial score (nSPS) is 32.3. The highest BCUT2D eigenvalue weighted by Gasteiger charge is 2.48. The Kier molecular flexibility index (Phi) is 2.40. The van der Waals surface area contributed by atoms with Gasteiger partial charge in [0.1, 0.15) is 5.92 Å². The molecule has 2 rings (SSSR count). The molecule has 0 aromatic rings. The molecular formula is C9H14N2O4. The van der Waals surface area contributed by atoms with Crippen LogP contribution in [0.3, 0.4) is 0 Å². The summed E-state index contributed by atoms with van der Waals surface area (Å²) in [6, 6.07) is -0.448. The van der Waals surface area contributed by atoms with Crippen molar-refractivity contribution in [1.82, 2.24) is 5.32 Å². The third kappa shape index (κ3) is 1.95. The fourth-order valence-electron chi connectivity index (χ4n) is 1.61. The summed E-state index contributed by atoms with van der Waals surface area (Å²) in [5.74, 6) is -1.86. The summed E-state index contributed by atoms with van der Waals surface area (Å²) in [4.78, 5) is 22.4. The molecule has 1 heterocycles. The largest absolute Gasteiger partial charge is 0.481 e. The monoisotopic (exact) mass is 214 g/mol. The molecule has 0 radical (unpaired) electrons. The number of carboxylic acid groups (broad SMARTS) is 1. The lowest BCUT2D eigenvalue weighted by Gasteiger charge is -2.18. The van der Waals surface area contributed by atoms with Crippen LogP contribution in [0.1, 0.15) is 12.8 Å². The molecule has 1 aliphatic carbocycles. The van der Waals surface area contributed by atoms with Crippen molar-refractivity contribution in [1.29, 1.82) is 0 Å². The average molecular weight is 214 g/mol. The Hall–Kier alpha value is -1.14. The Morgan fingerprint density at radius 3 is 2.60 bits per heavy atom. The van der Waals surface area contributed by atoms with Gasteiger partial charge in [0, 0.05) is 0 Å². The first-order valence-electron chi connectivity index (χ1n) is 4.93. The van der Waals surface area contributed by atoms with Crippen LogP contribution in [-0.4, -0.2) is 41.8 Å². The molecule has 1 aliphatic heterocycles. The summed E-state index contributed by atoms with van der Waals surface area (Å²) in [7, 11) is 0. The summed E-state index contributed by atoms with van der Waals surface area (Å²) in [6.45, 7) is 0.399. The lowest BCUT2D eigenvalue weighted by atomic mass is 10.0. The number of hydrogen-bond donors (Lipinski definition) is 3. The maximum Gasteiger partial charge on any atom is 0.311 e. The highest BCUT2D eigenvalue weighted by atomic mass is 16.5. The molecule has 2 aliphatic rings. The first-order chi connectivity index (χ1) is 7.03. The van der Waals surface area contributed by atoms with E-state index in [1.54, 1.807) is 0 Å². The first kappa shape index (κ1) is 10.4. The van der Waals surface area contributed by atoms with Gasteiger partial charge in [0.2, 0.25) is 5.91 Å². The average Bonchev–Trinajstić information content (AvgIpc) is 2.77. The van der Waals surface area contributed by atoms with Crippen LogP contribution in [0.15, 0.2) is 0 Å². The van der Waals surface area contributed by atoms with Crippen LogP contribution >= 0.6 is 0 Å². The summed E-state index contributed by atoms with van der Waals surface area (Å²) >= 11 is 0. The summed E-state index contributed by atoms with van der Waals surface area (Å²) in [6.07, 6.45) is 1.34. The Balaban J connectivity index is 1.93. The molecule has 15 heavy (non-hydrogen) atoms. The summed E-state index contributed by atoms with van der Waals surface area (Å²) in [5.41, 5.74) is 4.93. The van der Waals surface area contributed by atoms with Crippen molar-refractivity contribution < 1.29 is 19.4 Å². The van der Waals surface area contributed by atoms with Crippen molar-refractivity contribution in [3.63, 3.8) is 0 Å².